The van der Waals surface area contributed by atoms with Crippen molar-refractivity contribution in [3.8, 4) is 11.1 Å². The van der Waals surface area contributed by atoms with Gasteiger partial charge in [-0.2, -0.15) is 13.2 Å². The van der Waals surface area contributed by atoms with Crippen LogP contribution < -0.4 is 0 Å². The van der Waals surface area contributed by atoms with Gasteiger partial charge in [0.2, 0.25) is 0 Å². The van der Waals surface area contributed by atoms with Crippen LogP contribution in [0.1, 0.15) is 37.3 Å². The minimum absolute atomic E-state index is 0.583. The molecule has 1 fully saturated rings. The van der Waals surface area contributed by atoms with Crippen LogP contribution in [0, 0.1) is 0 Å². The molecule has 4 rings (SSSR count). The van der Waals surface area contributed by atoms with E-state index in [0.717, 1.165) is 28.6 Å². The first-order valence-electron chi connectivity index (χ1n) is 8.30. The van der Waals surface area contributed by atoms with Crippen LogP contribution in [-0.4, -0.2) is 4.57 Å². The maximum atomic E-state index is 12.7. The molecule has 0 radical (unpaired) electrons. The Hall–Kier alpha value is -2.23. The van der Waals surface area contributed by atoms with Gasteiger partial charge < -0.3 is 4.57 Å². The van der Waals surface area contributed by atoms with Gasteiger partial charge in [-0.1, -0.05) is 31.0 Å². The summed E-state index contributed by atoms with van der Waals surface area (Å²) in [6.07, 6.45) is 2.87. The van der Waals surface area contributed by atoms with Crippen molar-refractivity contribution < 1.29 is 13.2 Å². The number of fused-ring (bicyclic) bond motifs is 1. The van der Waals surface area contributed by atoms with Gasteiger partial charge in [0.1, 0.15) is 0 Å². The SMILES string of the molecule is FC(F)(F)c1ccc(-c2ccc3c(ccn3C3CCCC3)c2)cc1. The number of benzene rings is 2. The van der Waals surface area contributed by atoms with Crippen LogP contribution in [0.3, 0.4) is 0 Å². The van der Waals surface area contributed by atoms with E-state index in [4.69, 9.17) is 0 Å². The smallest absolute Gasteiger partial charge is 0.344 e. The lowest BCUT2D eigenvalue weighted by Gasteiger charge is -2.13. The Bertz CT molecular complexity index is 853. The molecular weight excluding hydrogens is 311 g/mol. The van der Waals surface area contributed by atoms with E-state index in [2.05, 4.69) is 29.0 Å². The normalized spacial score (nSPS) is 16.1. The van der Waals surface area contributed by atoms with Gasteiger partial charge >= 0.3 is 6.18 Å². The van der Waals surface area contributed by atoms with Crippen molar-refractivity contribution >= 4 is 10.9 Å². The Morgan fingerprint density at radius 1 is 0.833 bits per heavy atom. The summed E-state index contributed by atoms with van der Waals surface area (Å²) in [5.41, 5.74) is 2.34. The van der Waals surface area contributed by atoms with Crippen LogP contribution in [-0.2, 0) is 6.18 Å². The summed E-state index contributed by atoms with van der Waals surface area (Å²) in [6.45, 7) is 0. The second kappa shape index (κ2) is 5.69. The van der Waals surface area contributed by atoms with Crippen molar-refractivity contribution in [1.29, 1.82) is 0 Å². The van der Waals surface area contributed by atoms with Crippen molar-refractivity contribution in [2.75, 3.05) is 0 Å². The number of hydrogen-bond donors (Lipinski definition) is 0. The molecule has 4 heteroatoms. The van der Waals surface area contributed by atoms with Crippen LogP contribution in [0.5, 0.6) is 0 Å². The van der Waals surface area contributed by atoms with Crippen LogP contribution in [0.2, 0.25) is 0 Å². The van der Waals surface area contributed by atoms with Crippen LogP contribution in [0.15, 0.2) is 54.7 Å². The zero-order valence-corrected chi connectivity index (χ0v) is 13.2. The molecule has 1 nitrogen and oxygen atoms in total. The summed E-state index contributed by atoms with van der Waals surface area (Å²) in [5, 5.41) is 1.14. The molecule has 0 bridgehead atoms. The first-order chi connectivity index (χ1) is 11.5. The number of halogens is 3. The first-order valence-corrected chi connectivity index (χ1v) is 8.30. The van der Waals surface area contributed by atoms with Gasteiger partial charge in [-0.3, -0.25) is 0 Å². The predicted octanol–water partition coefficient (Wildman–Crippen LogP) is 6.44. The van der Waals surface area contributed by atoms with Gasteiger partial charge in [0.15, 0.2) is 0 Å². The highest BCUT2D eigenvalue weighted by Gasteiger charge is 2.30. The first kappa shape index (κ1) is 15.3. The summed E-state index contributed by atoms with van der Waals surface area (Å²) in [4.78, 5) is 0. The van der Waals surface area contributed by atoms with E-state index in [1.165, 1.54) is 43.3 Å². The van der Waals surface area contributed by atoms with Gasteiger partial charge in [0.25, 0.3) is 0 Å². The molecule has 0 spiro atoms. The summed E-state index contributed by atoms with van der Waals surface area (Å²) in [7, 11) is 0. The Morgan fingerprint density at radius 3 is 2.17 bits per heavy atom. The Morgan fingerprint density at radius 2 is 1.50 bits per heavy atom. The maximum absolute atomic E-state index is 12.7. The van der Waals surface area contributed by atoms with Crippen molar-refractivity contribution in [1.82, 2.24) is 4.57 Å². The number of alkyl halides is 3. The van der Waals surface area contributed by atoms with E-state index in [9.17, 15) is 13.2 Å². The third kappa shape index (κ3) is 2.70. The summed E-state index contributed by atoms with van der Waals surface area (Å²) in [5.74, 6) is 0. The van der Waals surface area contributed by atoms with Gasteiger partial charge in [0, 0.05) is 23.1 Å². The highest BCUT2D eigenvalue weighted by molar-refractivity contribution is 5.85. The average Bonchev–Trinajstić information content (AvgIpc) is 3.22. The molecule has 0 N–H and O–H groups in total. The summed E-state index contributed by atoms with van der Waals surface area (Å²) >= 11 is 0. The standard InChI is InChI=1S/C20H18F3N/c21-20(22,23)17-8-5-14(6-9-17)15-7-10-19-16(13-15)11-12-24(19)18-3-1-2-4-18/h5-13,18H,1-4H2. The van der Waals surface area contributed by atoms with Crippen molar-refractivity contribution in [3.05, 3.63) is 60.3 Å². The Labute approximate surface area is 138 Å². The van der Waals surface area contributed by atoms with Gasteiger partial charge in [-0.25, -0.2) is 0 Å². The lowest BCUT2D eigenvalue weighted by atomic mass is 10.0. The van der Waals surface area contributed by atoms with Crippen molar-refractivity contribution in [3.63, 3.8) is 0 Å². The van der Waals surface area contributed by atoms with Crippen LogP contribution in [0.4, 0.5) is 13.2 Å². The molecule has 2 aromatic carbocycles. The molecule has 1 heterocycles. The van der Waals surface area contributed by atoms with Crippen LogP contribution >= 0.6 is 0 Å². The lowest BCUT2D eigenvalue weighted by Crippen LogP contribution is -2.04. The Kier molecular flexibility index (Phi) is 3.63. The van der Waals surface area contributed by atoms with E-state index in [0.29, 0.717) is 6.04 Å². The number of rotatable bonds is 2. The largest absolute Gasteiger partial charge is 0.416 e. The predicted molar refractivity (Wildman–Crippen MR) is 89.9 cm³/mol. The second-order valence-electron chi connectivity index (χ2n) is 6.51. The summed E-state index contributed by atoms with van der Waals surface area (Å²) in [6, 6.07) is 14.2. The zero-order valence-electron chi connectivity index (χ0n) is 13.2. The molecule has 0 atom stereocenters. The van der Waals surface area contributed by atoms with Gasteiger partial charge in [-0.15, -0.1) is 0 Å². The zero-order chi connectivity index (χ0) is 16.7. The minimum atomic E-state index is -4.29. The quantitative estimate of drug-likeness (QED) is 0.509. The van der Waals surface area contributed by atoms with Gasteiger partial charge in [0.05, 0.1) is 5.56 Å². The average molecular weight is 329 g/mol. The minimum Gasteiger partial charge on any atom is -0.344 e. The topological polar surface area (TPSA) is 4.93 Å². The summed E-state index contributed by atoms with van der Waals surface area (Å²) < 4.78 is 40.4. The molecule has 0 aliphatic heterocycles. The molecular formula is C20H18F3N. The fourth-order valence-electron chi connectivity index (χ4n) is 3.70. The molecule has 1 saturated carbocycles. The van der Waals surface area contributed by atoms with E-state index < -0.39 is 11.7 Å². The lowest BCUT2D eigenvalue weighted by molar-refractivity contribution is -0.137. The Balaban J connectivity index is 1.68. The fourth-order valence-corrected chi connectivity index (χ4v) is 3.70. The monoisotopic (exact) mass is 329 g/mol. The van der Waals surface area contributed by atoms with E-state index in [1.54, 1.807) is 0 Å². The molecule has 3 aromatic rings. The molecule has 0 amide bonds. The fraction of sp³-hybridized carbons (Fsp3) is 0.300. The molecule has 24 heavy (non-hydrogen) atoms. The molecule has 1 aliphatic carbocycles. The molecule has 124 valence electrons. The van der Waals surface area contributed by atoms with Crippen molar-refractivity contribution in [2.24, 2.45) is 0 Å². The van der Waals surface area contributed by atoms with E-state index in [1.807, 2.05) is 6.07 Å². The maximum Gasteiger partial charge on any atom is 0.416 e. The number of nitrogens with zero attached hydrogens (tertiary/aromatic N) is 1. The molecule has 1 aromatic heterocycles. The van der Waals surface area contributed by atoms with E-state index >= 15 is 0 Å². The van der Waals surface area contributed by atoms with E-state index in [-0.39, 0.29) is 0 Å². The highest BCUT2D eigenvalue weighted by Crippen LogP contribution is 2.35. The number of aromatic nitrogens is 1. The second-order valence-corrected chi connectivity index (χ2v) is 6.51. The third-order valence-electron chi connectivity index (χ3n) is 4.98. The molecule has 0 unspecified atom stereocenters. The third-order valence-corrected chi connectivity index (χ3v) is 4.98. The van der Waals surface area contributed by atoms with Crippen LogP contribution in [0.25, 0.3) is 22.0 Å². The number of hydrogen-bond acceptors (Lipinski definition) is 0. The molecule has 0 saturated heterocycles. The van der Waals surface area contributed by atoms with Gasteiger partial charge in [-0.05, 0) is 54.3 Å². The van der Waals surface area contributed by atoms with Crippen molar-refractivity contribution in [2.45, 2.75) is 37.9 Å². The molecule has 1 aliphatic rings. The highest BCUT2D eigenvalue weighted by atomic mass is 19.4.